The summed E-state index contributed by atoms with van der Waals surface area (Å²) in [6.45, 7) is 2.18. The molecule has 2 amide bonds. The van der Waals surface area contributed by atoms with Crippen molar-refractivity contribution < 1.29 is 19.1 Å². The number of anilines is 1. The number of rotatable bonds is 3. The smallest absolute Gasteiger partial charge is 0.337 e. The number of hydrogen-bond donors (Lipinski definition) is 2. The molecule has 1 unspecified atom stereocenters. The van der Waals surface area contributed by atoms with Gasteiger partial charge in [0.15, 0.2) is 0 Å². The number of ether oxygens (including phenoxy) is 1. The van der Waals surface area contributed by atoms with Crippen LogP contribution in [0.5, 0.6) is 0 Å². The summed E-state index contributed by atoms with van der Waals surface area (Å²) in [6, 6.07) is 4.95. The number of methoxy groups -OCH3 is 1. The molecule has 20 heavy (non-hydrogen) atoms. The fourth-order valence-corrected chi connectivity index (χ4v) is 2.03. The molecule has 1 heterocycles. The summed E-state index contributed by atoms with van der Waals surface area (Å²) >= 11 is 0. The molecule has 1 saturated heterocycles. The van der Waals surface area contributed by atoms with Gasteiger partial charge >= 0.3 is 5.97 Å². The molecule has 0 aromatic heterocycles. The molecule has 2 rings (SSSR count). The van der Waals surface area contributed by atoms with Crippen molar-refractivity contribution >= 4 is 23.5 Å². The highest BCUT2D eigenvalue weighted by Crippen LogP contribution is 2.20. The van der Waals surface area contributed by atoms with Crippen molar-refractivity contribution in [3.63, 3.8) is 0 Å². The van der Waals surface area contributed by atoms with Crippen molar-refractivity contribution in [2.75, 3.05) is 19.0 Å². The van der Waals surface area contributed by atoms with Crippen molar-refractivity contribution in [3.05, 3.63) is 29.3 Å². The Morgan fingerprint density at radius 1 is 1.40 bits per heavy atom. The minimum absolute atomic E-state index is 0.120. The molecule has 1 aromatic rings. The maximum atomic E-state index is 12.0. The second-order valence-corrected chi connectivity index (χ2v) is 4.72. The van der Waals surface area contributed by atoms with Crippen LogP contribution in [0.4, 0.5) is 5.69 Å². The van der Waals surface area contributed by atoms with E-state index >= 15 is 0 Å². The zero-order chi connectivity index (χ0) is 14.7. The van der Waals surface area contributed by atoms with E-state index in [1.807, 2.05) is 6.92 Å². The Bertz CT molecular complexity index is 568. The number of benzene rings is 1. The SMILES string of the molecule is COC(=O)c1ccc(C)c(NC(=O)C2CNC(=O)C2)c1. The molecule has 0 saturated carbocycles. The van der Waals surface area contributed by atoms with Crippen LogP contribution in [0.2, 0.25) is 0 Å². The number of amides is 2. The van der Waals surface area contributed by atoms with Gasteiger partial charge in [-0.2, -0.15) is 0 Å². The molecule has 1 aliphatic rings. The number of hydrogen-bond acceptors (Lipinski definition) is 4. The van der Waals surface area contributed by atoms with Crippen molar-refractivity contribution in [2.45, 2.75) is 13.3 Å². The largest absolute Gasteiger partial charge is 0.465 e. The van der Waals surface area contributed by atoms with Crippen LogP contribution in [0.1, 0.15) is 22.3 Å². The van der Waals surface area contributed by atoms with Gasteiger partial charge in [-0.15, -0.1) is 0 Å². The highest BCUT2D eigenvalue weighted by molar-refractivity contribution is 5.99. The van der Waals surface area contributed by atoms with Crippen LogP contribution in [-0.4, -0.2) is 31.4 Å². The predicted molar refractivity (Wildman–Crippen MR) is 72.3 cm³/mol. The molecular formula is C14H16N2O4. The van der Waals surface area contributed by atoms with Crippen LogP contribution >= 0.6 is 0 Å². The average Bonchev–Trinajstić information content (AvgIpc) is 2.87. The Balaban J connectivity index is 2.14. The summed E-state index contributed by atoms with van der Waals surface area (Å²) in [5.41, 5.74) is 1.76. The maximum Gasteiger partial charge on any atom is 0.337 e. The zero-order valence-corrected chi connectivity index (χ0v) is 11.4. The van der Waals surface area contributed by atoms with Crippen LogP contribution in [0.25, 0.3) is 0 Å². The number of carbonyl (C=O) groups excluding carboxylic acids is 3. The molecule has 6 nitrogen and oxygen atoms in total. The summed E-state index contributed by atoms with van der Waals surface area (Å²) in [6.07, 6.45) is 0.196. The van der Waals surface area contributed by atoms with Gasteiger partial charge in [-0.25, -0.2) is 4.79 Å². The first-order chi connectivity index (χ1) is 9.51. The zero-order valence-electron chi connectivity index (χ0n) is 11.4. The van der Waals surface area contributed by atoms with Crippen molar-refractivity contribution in [3.8, 4) is 0 Å². The monoisotopic (exact) mass is 276 g/mol. The van der Waals surface area contributed by atoms with Crippen molar-refractivity contribution in [2.24, 2.45) is 5.92 Å². The first-order valence-corrected chi connectivity index (χ1v) is 6.28. The molecule has 0 aliphatic carbocycles. The van der Waals surface area contributed by atoms with Gasteiger partial charge < -0.3 is 15.4 Å². The molecule has 1 atom stereocenters. The summed E-state index contributed by atoms with van der Waals surface area (Å²) < 4.78 is 4.64. The average molecular weight is 276 g/mol. The van der Waals surface area contributed by atoms with Gasteiger partial charge in [-0.3, -0.25) is 9.59 Å². The van der Waals surface area contributed by atoms with Crippen LogP contribution < -0.4 is 10.6 Å². The Morgan fingerprint density at radius 2 is 2.15 bits per heavy atom. The lowest BCUT2D eigenvalue weighted by Gasteiger charge is -2.12. The van der Waals surface area contributed by atoms with Gasteiger partial charge in [0, 0.05) is 18.7 Å². The molecule has 0 spiro atoms. The van der Waals surface area contributed by atoms with E-state index in [4.69, 9.17) is 0 Å². The molecule has 1 fully saturated rings. The first kappa shape index (κ1) is 14.0. The molecule has 1 aliphatic heterocycles. The topological polar surface area (TPSA) is 84.5 Å². The lowest BCUT2D eigenvalue weighted by molar-refractivity contribution is -0.123. The molecule has 0 radical (unpaired) electrons. The number of esters is 1. The third-order valence-electron chi connectivity index (χ3n) is 3.26. The predicted octanol–water partition coefficient (Wildman–Crippen LogP) is 0.856. The highest BCUT2D eigenvalue weighted by Gasteiger charge is 2.28. The summed E-state index contributed by atoms with van der Waals surface area (Å²) in [5.74, 6) is -1.18. The molecule has 1 aromatic carbocycles. The van der Waals surface area contributed by atoms with Crippen LogP contribution in [0.15, 0.2) is 18.2 Å². The van der Waals surface area contributed by atoms with E-state index in [1.165, 1.54) is 7.11 Å². The fourth-order valence-electron chi connectivity index (χ4n) is 2.03. The van der Waals surface area contributed by atoms with Crippen LogP contribution in [0.3, 0.4) is 0 Å². The van der Waals surface area contributed by atoms with Crippen molar-refractivity contribution in [1.29, 1.82) is 0 Å². The maximum absolute atomic E-state index is 12.0. The quantitative estimate of drug-likeness (QED) is 0.802. The Kier molecular flexibility index (Phi) is 4.02. The fraction of sp³-hybridized carbons (Fsp3) is 0.357. The van der Waals surface area contributed by atoms with Gasteiger partial charge in [-0.05, 0) is 24.6 Å². The number of nitrogens with one attached hydrogen (secondary N) is 2. The van der Waals surface area contributed by atoms with Crippen LogP contribution in [0, 0.1) is 12.8 Å². The minimum atomic E-state index is -0.460. The van der Waals surface area contributed by atoms with E-state index in [1.54, 1.807) is 18.2 Å². The Morgan fingerprint density at radius 3 is 2.75 bits per heavy atom. The van der Waals surface area contributed by atoms with Gasteiger partial charge in [0.1, 0.15) is 0 Å². The minimum Gasteiger partial charge on any atom is -0.465 e. The lowest BCUT2D eigenvalue weighted by Crippen LogP contribution is -2.25. The van der Waals surface area contributed by atoms with Crippen LogP contribution in [-0.2, 0) is 14.3 Å². The molecule has 0 bridgehead atoms. The lowest BCUT2D eigenvalue weighted by atomic mass is 10.1. The van der Waals surface area contributed by atoms with Gasteiger partial charge in [-0.1, -0.05) is 6.07 Å². The first-order valence-electron chi connectivity index (χ1n) is 6.28. The van der Waals surface area contributed by atoms with E-state index in [0.29, 0.717) is 17.8 Å². The van der Waals surface area contributed by atoms with Crippen molar-refractivity contribution in [1.82, 2.24) is 5.32 Å². The molecular weight excluding hydrogens is 260 g/mol. The van der Waals surface area contributed by atoms with E-state index in [0.717, 1.165) is 5.56 Å². The second kappa shape index (κ2) is 5.73. The normalized spacial score (nSPS) is 17.5. The van der Waals surface area contributed by atoms with E-state index in [2.05, 4.69) is 15.4 Å². The number of aryl methyl sites for hydroxylation is 1. The standard InChI is InChI=1S/C14H16N2O4/c1-8-3-4-9(14(19)20-2)5-11(8)16-13(18)10-6-12(17)15-7-10/h3-5,10H,6-7H2,1-2H3,(H,15,17)(H,16,18). The summed E-state index contributed by atoms with van der Waals surface area (Å²) in [4.78, 5) is 34.6. The summed E-state index contributed by atoms with van der Waals surface area (Å²) in [7, 11) is 1.30. The van der Waals surface area contributed by atoms with E-state index < -0.39 is 5.97 Å². The third kappa shape index (κ3) is 2.96. The Labute approximate surface area is 116 Å². The van der Waals surface area contributed by atoms with Gasteiger partial charge in [0.2, 0.25) is 11.8 Å². The Hall–Kier alpha value is -2.37. The summed E-state index contributed by atoms with van der Waals surface area (Å²) in [5, 5.41) is 5.37. The van der Waals surface area contributed by atoms with E-state index in [-0.39, 0.29) is 24.2 Å². The highest BCUT2D eigenvalue weighted by atomic mass is 16.5. The molecule has 6 heteroatoms. The molecule has 2 N–H and O–H groups in total. The van der Waals surface area contributed by atoms with Gasteiger partial charge in [0.25, 0.3) is 0 Å². The van der Waals surface area contributed by atoms with E-state index in [9.17, 15) is 14.4 Å². The molecule has 106 valence electrons. The second-order valence-electron chi connectivity index (χ2n) is 4.72. The number of carbonyl (C=O) groups is 3. The van der Waals surface area contributed by atoms with Gasteiger partial charge in [0.05, 0.1) is 18.6 Å². The third-order valence-corrected chi connectivity index (χ3v) is 3.26.